The van der Waals surface area contributed by atoms with Gasteiger partial charge in [-0.25, -0.2) is 23.5 Å². The van der Waals surface area contributed by atoms with Crippen molar-refractivity contribution in [3.8, 4) is 0 Å². The summed E-state index contributed by atoms with van der Waals surface area (Å²) in [6.45, 7) is 8.64. The Kier molecular flexibility index (Phi) is 2.94. The van der Waals surface area contributed by atoms with Gasteiger partial charge in [-0.2, -0.15) is 0 Å². The molecule has 0 saturated carbocycles. The van der Waals surface area contributed by atoms with Gasteiger partial charge in [-0.15, -0.1) is 0 Å². The van der Waals surface area contributed by atoms with Crippen molar-refractivity contribution >= 4 is 0 Å². The highest BCUT2D eigenvalue weighted by atomic mass is 16.2. The maximum absolute atomic E-state index is 12.0. The molecule has 0 bridgehead atoms. The molecule has 0 saturated heterocycles. The summed E-state index contributed by atoms with van der Waals surface area (Å²) < 4.78 is 2.08. The molecule has 0 fully saturated rings. The number of nitrogens with one attached hydrogen (secondary N) is 1. The van der Waals surface area contributed by atoms with Crippen LogP contribution in [0.2, 0.25) is 0 Å². The van der Waals surface area contributed by atoms with Gasteiger partial charge in [-0.1, -0.05) is 0 Å². The molecule has 0 aliphatic heterocycles. The van der Waals surface area contributed by atoms with Gasteiger partial charge in [-0.3, -0.25) is 4.98 Å². The van der Waals surface area contributed by atoms with Gasteiger partial charge in [-0.05, 0) is 34.6 Å². The van der Waals surface area contributed by atoms with Crippen LogP contribution >= 0.6 is 0 Å². The van der Waals surface area contributed by atoms with E-state index in [0.29, 0.717) is 0 Å². The fourth-order valence-corrected chi connectivity index (χ4v) is 1.54. The maximum atomic E-state index is 12.0. The monoisotopic (exact) mass is 227 g/mol. The molecule has 1 aromatic rings. The van der Waals surface area contributed by atoms with E-state index in [0.717, 1.165) is 9.13 Å². The summed E-state index contributed by atoms with van der Waals surface area (Å²) in [5.74, 6) is 0. The van der Waals surface area contributed by atoms with Crippen molar-refractivity contribution in [1.29, 1.82) is 0 Å². The lowest BCUT2D eigenvalue weighted by Gasteiger charge is -2.22. The zero-order valence-corrected chi connectivity index (χ0v) is 10.2. The van der Waals surface area contributed by atoms with Crippen molar-refractivity contribution in [2.45, 2.75) is 46.2 Å². The lowest BCUT2D eigenvalue weighted by molar-refractivity contribution is 0.332. The number of hydrogen-bond donors (Lipinski definition) is 1. The van der Waals surface area contributed by atoms with Gasteiger partial charge in [0.25, 0.3) is 0 Å². The van der Waals surface area contributed by atoms with Crippen molar-refractivity contribution < 1.29 is 0 Å². The van der Waals surface area contributed by atoms with Crippen LogP contribution in [0.1, 0.15) is 40.7 Å². The van der Waals surface area contributed by atoms with E-state index < -0.39 is 22.6 Å². The molecular formula is C10H17N3O3. The molecule has 1 heterocycles. The summed E-state index contributed by atoms with van der Waals surface area (Å²) in [4.78, 5) is 37.2. The number of hydrogen-bond acceptors (Lipinski definition) is 3. The zero-order valence-electron chi connectivity index (χ0n) is 10.2. The first-order valence-electron chi connectivity index (χ1n) is 5.14. The van der Waals surface area contributed by atoms with Crippen LogP contribution in [0.5, 0.6) is 0 Å². The summed E-state index contributed by atoms with van der Waals surface area (Å²) >= 11 is 0. The number of nitrogens with zero attached hydrogens (tertiary/aromatic N) is 2. The largest absolute Gasteiger partial charge is 0.337 e. The van der Waals surface area contributed by atoms with Crippen molar-refractivity contribution in [3.05, 3.63) is 31.5 Å². The van der Waals surface area contributed by atoms with Gasteiger partial charge < -0.3 is 0 Å². The van der Waals surface area contributed by atoms with Crippen molar-refractivity contribution in [2.24, 2.45) is 0 Å². The van der Waals surface area contributed by atoms with Crippen LogP contribution in [0.4, 0.5) is 0 Å². The summed E-state index contributed by atoms with van der Waals surface area (Å²) in [5, 5.41) is 0. The Balaban J connectivity index is 3.81. The van der Waals surface area contributed by atoms with Crippen molar-refractivity contribution in [2.75, 3.05) is 0 Å². The van der Waals surface area contributed by atoms with E-state index in [1.807, 2.05) is 0 Å². The molecule has 0 atom stereocenters. The van der Waals surface area contributed by atoms with Gasteiger partial charge in [0.2, 0.25) is 0 Å². The topological polar surface area (TPSA) is 76.9 Å². The minimum atomic E-state index is -0.667. The standard InChI is InChI=1S/C10H17N3O3/c1-6(2)12-7(14)11-8(15)13(9(12)16)10(3,4)5/h6H,1-5H3,(H,11,14,15). The first kappa shape index (κ1) is 12.5. The van der Waals surface area contributed by atoms with E-state index in [4.69, 9.17) is 0 Å². The van der Waals surface area contributed by atoms with Gasteiger partial charge in [0, 0.05) is 11.6 Å². The van der Waals surface area contributed by atoms with Gasteiger partial charge in [0.15, 0.2) is 0 Å². The van der Waals surface area contributed by atoms with E-state index >= 15 is 0 Å². The Morgan fingerprint density at radius 1 is 1.06 bits per heavy atom. The second kappa shape index (κ2) is 3.77. The molecule has 0 aliphatic rings. The average molecular weight is 227 g/mol. The Morgan fingerprint density at radius 3 is 1.94 bits per heavy atom. The van der Waals surface area contributed by atoms with Crippen LogP contribution in [-0.2, 0) is 5.54 Å². The summed E-state index contributed by atoms with van der Waals surface area (Å²) in [6.07, 6.45) is 0. The molecular weight excluding hydrogens is 210 g/mol. The molecule has 0 amide bonds. The minimum Gasteiger partial charge on any atom is -0.259 e. The SMILES string of the molecule is CC(C)n1c(=O)[nH]c(=O)n(C(C)(C)C)c1=O. The van der Waals surface area contributed by atoms with Crippen molar-refractivity contribution in [1.82, 2.24) is 14.1 Å². The van der Waals surface area contributed by atoms with Gasteiger partial charge >= 0.3 is 17.1 Å². The Hall–Kier alpha value is -1.59. The molecule has 6 heteroatoms. The molecule has 16 heavy (non-hydrogen) atoms. The van der Waals surface area contributed by atoms with Crippen LogP contribution in [-0.4, -0.2) is 14.1 Å². The van der Waals surface area contributed by atoms with Gasteiger partial charge in [0.05, 0.1) is 0 Å². The minimum absolute atomic E-state index is 0.287. The predicted molar refractivity (Wildman–Crippen MR) is 61.0 cm³/mol. The molecule has 1 N–H and O–H groups in total. The van der Waals surface area contributed by atoms with Crippen LogP contribution < -0.4 is 17.1 Å². The Bertz CT molecular complexity index is 554. The number of aromatic amines is 1. The predicted octanol–water partition coefficient (Wildman–Crippen LogP) is 0.0342. The van der Waals surface area contributed by atoms with E-state index in [1.54, 1.807) is 34.6 Å². The second-order valence-corrected chi connectivity index (χ2v) is 4.99. The Labute approximate surface area is 92.5 Å². The summed E-state index contributed by atoms with van der Waals surface area (Å²) in [6, 6.07) is -0.287. The fourth-order valence-electron chi connectivity index (χ4n) is 1.54. The molecule has 0 aliphatic carbocycles. The number of rotatable bonds is 1. The highest BCUT2D eigenvalue weighted by molar-refractivity contribution is 4.83. The molecule has 0 spiro atoms. The fraction of sp³-hybridized carbons (Fsp3) is 0.700. The average Bonchev–Trinajstić information content (AvgIpc) is 1.97. The lowest BCUT2D eigenvalue weighted by atomic mass is 10.1. The Morgan fingerprint density at radius 2 is 1.56 bits per heavy atom. The highest BCUT2D eigenvalue weighted by Crippen LogP contribution is 2.06. The van der Waals surface area contributed by atoms with E-state index in [1.165, 1.54) is 0 Å². The second-order valence-electron chi connectivity index (χ2n) is 4.99. The normalized spacial score (nSPS) is 12.1. The van der Waals surface area contributed by atoms with E-state index in [-0.39, 0.29) is 6.04 Å². The third kappa shape index (κ3) is 2.00. The highest BCUT2D eigenvalue weighted by Gasteiger charge is 2.21. The lowest BCUT2D eigenvalue weighted by Crippen LogP contribution is -2.54. The molecule has 6 nitrogen and oxygen atoms in total. The third-order valence-corrected chi connectivity index (χ3v) is 2.22. The first-order chi connectivity index (χ1) is 7.16. The molecule has 90 valence electrons. The van der Waals surface area contributed by atoms with Crippen molar-refractivity contribution in [3.63, 3.8) is 0 Å². The maximum Gasteiger partial charge on any atom is 0.337 e. The number of H-pyrrole nitrogens is 1. The molecule has 1 aromatic heterocycles. The van der Waals surface area contributed by atoms with Crippen LogP contribution in [0, 0.1) is 0 Å². The molecule has 0 unspecified atom stereocenters. The summed E-state index contributed by atoms with van der Waals surface area (Å²) in [7, 11) is 0. The first-order valence-corrected chi connectivity index (χ1v) is 5.14. The van der Waals surface area contributed by atoms with Crippen LogP contribution in [0.15, 0.2) is 14.4 Å². The quantitative estimate of drug-likeness (QED) is 0.735. The summed E-state index contributed by atoms with van der Waals surface area (Å²) in [5.41, 5.74) is -2.56. The van der Waals surface area contributed by atoms with Crippen LogP contribution in [0.25, 0.3) is 0 Å². The molecule has 1 rings (SSSR count). The van der Waals surface area contributed by atoms with Gasteiger partial charge in [0.1, 0.15) is 0 Å². The molecule has 0 radical (unpaired) electrons. The van der Waals surface area contributed by atoms with E-state index in [2.05, 4.69) is 4.98 Å². The van der Waals surface area contributed by atoms with E-state index in [9.17, 15) is 14.4 Å². The third-order valence-electron chi connectivity index (χ3n) is 2.22. The molecule has 0 aromatic carbocycles. The number of aromatic nitrogens is 3. The smallest absolute Gasteiger partial charge is 0.259 e. The zero-order chi connectivity index (χ0) is 12.7. The van der Waals surface area contributed by atoms with Crippen LogP contribution in [0.3, 0.4) is 0 Å².